The van der Waals surface area contributed by atoms with Crippen LogP contribution in [0.3, 0.4) is 0 Å². The van der Waals surface area contributed by atoms with E-state index in [2.05, 4.69) is 9.97 Å². The molecule has 1 fully saturated rings. The zero-order valence-corrected chi connectivity index (χ0v) is 14.7. The van der Waals surface area contributed by atoms with Crippen molar-refractivity contribution in [3.05, 3.63) is 65.7 Å². The van der Waals surface area contributed by atoms with Crippen molar-refractivity contribution >= 4 is 22.8 Å². The summed E-state index contributed by atoms with van der Waals surface area (Å²) in [7, 11) is 0. The van der Waals surface area contributed by atoms with Crippen molar-refractivity contribution in [3.8, 4) is 0 Å². The van der Waals surface area contributed by atoms with E-state index >= 15 is 0 Å². The van der Waals surface area contributed by atoms with E-state index in [1.54, 1.807) is 28.3 Å². The number of H-pyrrole nitrogens is 1. The molecule has 1 saturated heterocycles. The number of nitrogens with zero attached hydrogens (tertiary/aromatic N) is 3. The summed E-state index contributed by atoms with van der Waals surface area (Å²) in [5.74, 6) is -0.827. The number of amides is 2. The van der Waals surface area contributed by atoms with Gasteiger partial charge in [-0.15, -0.1) is 0 Å². The van der Waals surface area contributed by atoms with E-state index in [1.807, 2.05) is 18.2 Å². The second-order valence-electron chi connectivity index (χ2n) is 6.58. The maximum absolute atomic E-state index is 13.8. The van der Waals surface area contributed by atoms with Crippen LogP contribution >= 0.6 is 0 Å². The predicted molar refractivity (Wildman–Crippen MR) is 98.7 cm³/mol. The lowest BCUT2D eigenvalue weighted by Crippen LogP contribution is -2.51. The van der Waals surface area contributed by atoms with E-state index in [4.69, 9.17) is 0 Å². The molecule has 2 amide bonds. The minimum Gasteiger partial charge on any atom is -0.345 e. The van der Waals surface area contributed by atoms with Gasteiger partial charge in [0.2, 0.25) is 5.91 Å². The molecule has 138 valence electrons. The van der Waals surface area contributed by atoms with E-state index in [1.165, 1.54) is 12.1 Å². The molecular formula is C20H19FN4O2. The maximum Gasteiger partial charge on any atom is 0.256 e. The molecule has 0 aliphatic carbocycles. The average molecular weight is 366 g/mol. The lowest BCUT2D eigenvalue weighted by Gasteiger charge is -2.35. The number of aromatic amines is 1. The summed E-state index contributed by atoms with van der Waals surface area (Å²) in [6, 6.07) is 11.7. The number of carbonyl (C=O) groups excluding carboxylic acids is 2. The Bertz CT molecular complexity index is 992. The van der Waals surface area contributed by atoms with E-state index in [9.17, 15) is 14.0 Å². The molecule has 0 bridgehead atoms. The van der Waals surface area contributed by atoms with Gasteiger partial charge in [0.05, 0.1) is 29.3 Å². The van der Waals surface area contributed by atoms with Crippen LogP contribution in [0.15, 0.2) is 48.8 Å². The molecule has 1 aromatic heterocycles. The first-order valence-electron chi connectivity index (χ1n) is 8.85. The second-order valence-corrected chi connectivity index (χ2v) is 6.58. The molecule has 1 N–H and O–H groups in total. The molecule has 6 nitrogen and oxygen atoms in total. The lowest BCUT2D eigenvalue weighted by molar-refractivity contribution is -0.131. The quantitative estimate of drug-likeness (QED) is 0.773. The average Bonchev–Trinajstić information content (AvgIpc) is 3.16. The number of aromatic nitrogens is 2. The minimum absolute atomic E-state index is 0.0202. The van der Waals surface area contributed by atoms with Crippen molar-refractivity contribution in [2.75, 3.05) is 26.2 Å². The van der Waals surface area contributed by atoms with Crippen molar-refractivity contribution in [3.63, 3.8) is 0 Å². The van der Waals surface area contributed by atoms with Crippen molar-refractivity contribution in [1.29, 1.82) is 0 Å². The molecule has 0 unspecified atom stereocenters. The van der Waals surface area contributed by atoms with Crippen molar-refractivity contribution in [2.45, 2.75) is 6.42 Å². The fourth-order valence-electron chi connectivity index (χ4n) is 3.34. The first-order chi connectivity index (χ1) is 13.1. The van der Waals surface area contributed by atoms with Gasteiger partial charge in [0, 0.05) is 26.2 Å². The zero-order chi connectivity index (χ0) is 18.8. The van der Waals surface area contributed by atoms with Crippen molar-refractivity contribution in [2.24, 2.45) is 0 Å². The molecule has 1 aliphatic heterocycles. The maximum atomic E-state index is 13.8. The van der Waals surface area contributed by atoms with E-state index in [0.29, 0.717) is 32.6 Å². The van der Waals surface area contributed by atoms with Gasteiger partial charge < -0.3 is 14.8 Å². The summed E-state index contributed by atoms with van der Waals surface area (Å²) in [5, 5.41) is 0. The summed E-state index contributed by atoms with van der Waals surface area (Å²) in [6.45, 7) is 1.70. The minimum atomic E-state index is -0.518. The Labute approximate surface area is 155 Å². The Morgan fingerprint density at radius 1 is 1.04 bits per heavy atom. The Morgan fingerprint density at radius 3 is 2.56 bits per heavy atom. The molecule has 7 heteroatoms. The van der Waals surface area contributed by atoms with Crippen LogP contribution in [-0.2, 0) is 11.2 Å². The van der Waals surface area contributed by atoms with E-state index < -0.39 is 5.82 Å². The third-order valence-corrected chi connectivity index (χ3v) is 4.86. The van der Waals surface area contributed by atoms with Crippen LogP contribution in [0.4, 0.5) is 4.39 Å². The van der Waals surface area contributed by atoms with Crippen LogP contribution in [0.2, 0.25) is 0 Å². The largest absolute Gasteiger partial charge is 0.345 e. The summed E-state index contributed by atoms with van der Waals surface area (Å²) in [6.07, 6.45) is 1.93. The number of fused-ring (bicyclic) bond motifs is 1. The second kappa shape index (κ2) is 7.19. The van der Waals surface area contributed by atoms with Crippen LogP contribution in [0.1, 0.15) is 15.9 Å². The van der Waals surface area contributed by atoms with Crippen LogP contribution in [-0.4, -0.2) is 57.8 Å². The van der Waals surface area contributed by atoms with Gasteiger partial charge in [-0.3, -0.25) is 9.59 Å². The van der Waals surface area contributed by atoms with Gasteiger partial charge in [-0.2, -0.15) is 0 Å². The van der Waals surface area contributed by atoms with Crippen LogP contribution in [0.5, 0.6) is 0 Å². The molecule has 2 heterocycles. The Balaban J connectivity index is 1.36. The molecule has 2 aromatic carbocycles. The molecule has 0 atom stereocenters. The van der Waals surface area contributed by atoms with Gasteiger partial charge >= 0.3 is 0 Å². The normalized spacial score (nSPS) is 14.6. The van der Waals surface area contributed by atoms with Crippen molar-refractivity contribution < 1.29 is 14.0 Å². The standard InChI is InChI=1S/C20H19FN4O2/c21-16-4-2-1-3-15(16)20(27)25-9-7-24(8-10-25)19(26)12-14-5-6-17-18(11-14)23-13-22-17/h1-6,11,13H,7-10,12H2,(H,22,23). The molecule has 0 spiro atoms. The summed E-state index contributed by atoms with van der Waals surface area (Å²) in [5.41, 5.74) is 2.76. The lowest BCUT2D eigenvalue weighted by atomic mass is 10.1. The van der Waals surface area contributed by atoms with Crippen molar-refractivity contribution in [1.82, 2.24) is 19.8 Å². The number of rotatable bonds is 3. The Hall–Kier alpha value is -3.22. The number of nitrogens with one attached hydrogen (secondary N) is 1. The summed E-state index contributed by atoms with van der Waals surface area (Å²) in [4.78, 5) is 35.6. The van der Waals surface area contributed by atoms with E-state index in [-0.39, 0.29) is 17.4 Å². The highest BCUT2D eigenvalue weighted by atomic mass is 19.1. The molecular weight excluding hydrogens is 347 g/mol. The smallest absolute Gasteiger partial charge is 0.256 e. The summed E-state index contributed by atoms with van der Waals surface area (Å²) < 4.78 is 13.8. The first-order valence-corrected chi connectivity index (χ1v) is 8.85. The predicted octanol–water partition coefficient (Wildman–Crippen LogP) is 2.23. The van der Waals surface area contributed by atoms with Crippen LogP contribution < -0.4 is 0 Å². The number of piperazine rings is 1. The van der Waals surface area contributed by atoms with Crippen LogP contribution in [0.25, 0.3) is 11.0 Å². The molecule has 27 heavy (non-hydrogen) atoms. The zero-order valence-electron chi connectivity index (χ0n) is 14.7. The van der Waals surface area contributed by atoms with Gasteiger partial charge in [0.1, 0.15) is 5.82 Å². The van der Waals surface area contributed by atoms with Gasteiger partial charge in [-0.1, -0.05) is 18.2 Å². The topological polar surface area (TPSA) is 69.3 Å². The highest BCUT2D eigenvalue weighted by Crippen LogP contribution is 2.15. The van der Waals surface area contributed by atoms with Gasteiger partial charge in [0.25, 0.3) is 5.91 Å². The first kappa shape index (κ1) is 17.2. The molecule has 3 aromatic rings. The Kier molecular flexibility index (Phi) is 4.58. The molecule has 0 saturated carbocycles. The SMILES string of the molecule is O=C(Cc1ccc2nc[nH]c2c1)N1CCN(C(=O)c2ccccc2F)CC1. The summed E-state index contributed by atoms with van der Waals surface area (Å²) >= 11 is 0. The fraction of sp³-hybridized carbons (Fsp3) is 0.250. The van der Waals surface area contributed by atoms with Gasteiger partial charge in [0.15, 0.2) is 0 Å². The molecule has 0 radical (unpaired) electrons. The number of halogens is 1. The third-order valence-electron chi connectivity index (χ3n) is 4.86. The number of carbonyl (C=O) groups is 2. The number of benzene rings is 2. The van der Waals surface area contributed by atoms with Crippen LogP contribution in [0, 0.1) is 5.82 Å². The van der Waals surface area contributed by atoms with Gasteiger partial charge in [-0.05, 0) is 29.8 Å². The number of hydrogen-bond acceptors (Lipinski definition) is 3. The van der Waals surface area contributed by atoms with E-state index in [0.717, 1.165) is 16.6 Å². The Morgan fingerprint density at radius 2 is 1.78 bits per heavy atom. The number of imidazole rings is 1. The fourth-order valence-corrected chi connectivity index (χ4v) is 3.34. The van der Waals surface area contributed by atoms with Gasteiger partial charge in [-0.25, -0.2) is 9.37 Å². The molecule has 4 rings (SSSR count). The highest BCUT2D eigenvalue weighted by molar-refractivity contribution is 5.94. The third kappa shape index (κ3) is 3.53. The highest BCUT2D eigenvalue weighted by Gasteiger charge is 2.26. The monoisotopic (exact) mass is 366 g/mol. The number of hydrogen-bond donors (Lipinski definition) is 1. The molecule has 1 aliphatic rings.